The van der Waals surface area contributed by atoms with Gasteiger partial charge in [0.2, 0.25) is 0 Å². The number of hydrogen-bond donors (Lipinski definition) is 2. The number of hydrogen-bond acceptors (Lipinski definition) is 0. The van der Waals surface area contributed by atoms with Gasteiger partial charge in [-0.3, -0.25) is 0 Å². The molecule has 0 saturated heterocycles. The van der Waals surface area contributed by atoms with Gasteiger partial charge in [-0.25, -0.2) is 0 Å². The Morgan fingerprint density at radius 3 is 0.875 bits per heavy atom. The van der Waals surface area contributed by atoms with E-state index in [4.69, 9.17) is 0 Å². The zero-order chi connectivity index (χ0) is 5.41. The molecule has 0 radical (unpaired) electrons. The van der Waals surface area contributed by atoms with E-state index >= 15 is 0 Å². The van der Waals surface area contributed by atoms with Gasteiger partial charge in [-0.05, 0) is 13.8 Å². The lowest BCUT2D eigenvalue weighted by molar-refractivity contribution is -0.362. The summed E-state index contributed by atoms with van der Waals surface area (Å²) in [4.78, 5) is 0. The summed E-state index contributed by atoms with van der Waals surface area (Å²) in [6.45, 7) is 6.03. The zero-order valence-electron chi connectivity index (χ0n) is 5.58. The quantitative estimate of drug-likeness (QED) is 0.410. The van der Waals surface area contributed by atoms with Gasteiger partial charge < -0.3 is 59.4 Å². The molecular formula is C4H16I2N2. The topological polar surface area (TPSA) is 55.3 Å². The molecule has 4 heteroatoms. The zero-order valence-corrected chi connectivity index (χ0v) is 9.90. The third kappa shape index (κ3) is 158. The average molecular weight is 346 g/mol. The normalized spacial score (nSPS) is 4.50. The number of quaternary nitrogens is 2. The van der Waals surface area contributed by atoms with Crippen LogP contribution in [0.5, 0.6) is 0 Å². The standard InChI is InChI=1S/2C2H7N.2HI/c2*1-2-3;;/h2*2-3H2,1H3;2*1H. The minimum Gasteiger partial charge on any atom is -1.00 e. The van der Waals surface area contributed by atoms with Crippen molar-refractivity contribution in [2.75, 3.05) is 13.1 Å². The van der Waals surface area contributed by atoms with Gasteiger partial charge in [0.15, 0.2) is 0 Å². The molecule has 56 valence electrons. The van der Waals surface area contributed by atoms with Crippen molar-refractivity contribution >= 4 is 0 Å². The first-order valence-electron chi connectivity index (χ1n) is 2.41. The summed E-state index contributed by atoms with van der Waals surface area (Å²) in [6.07, 6.45) is 0. The Morgan fingerprint density at radius 2 is 0.875 bits per heavy atom. The van der Waals surface area contributed by atoms with Crippen LogP contribution in [0.2, 0.25) is 0 Å². The van der Waals surface area contributed by atoms with Crippen molar-refractivity contribution in [3.63, 3.8) is 0 Å². The fourth-order valence-electron chi connectivity index (χ4n) is 0. The van der Waals surface area contributed by atoms with Gasteiger partial charge in [-0.2, -0.15) is 0 Å². The monoisotopic (exact) mass is 346 g/mol. The molecule has 0 saturated carbocycles. The van der Waals surface area contributed by atoms with Gasteiger partial charge in [-0.1, -0.05) is 0 Å². The van der Waals surface area contributed by atoms with Crippen molar-refractivity contribution in [1.29, 1.82) is 0 Å². The molecule has 0 spiro atoms. The van der Waals surface area contributed by atoms with Crippen LogP contribution in [-0.4, -0.2) is 13.1 Å². The van der Waals surface area contributed by atoms with E-state index in [0.717, 1.165) is 13.1 Å². The maximum atomic E-state index is 3.49. The van der Waals surface area contributed by atoms with Gasteiger partial charge in [0.1, 0.15) is 0 Å². The van der Waals surface area contributed by atoms with E-state index in [1.165, 1.54) is 0 Å². The fraction of sp³-hybridized carbons (Fsp3) is 1.00. The van der Waals surface area contributed by atoms with Gasteiger partial charge in [0.05, 0.1) is 13.1 Å². The molecule has 2 nitrogen and oxygen atoms in total. The lowest BCUT2D eigenvalue weighted by atomic mass is 10.8. The van der Waals surface area contributed by atoms with Crippen LogP contribution in [0, 0.1) is 0 Å². The van der Waals surface area contributed by atoms with Gasteiger partial charge in [0, 0.05) is 0 Å². The largest absolute Gasteiger partial charge is 1.00 e. The van der Waals surface area contributed by atoms with Crippen molar-refractivity contribution in [3.8, 4) is 0 Å². The molecule has 0 heterocycles. The van der Waals surface area contributed by atoms with Crippen LogP contribution in [0.4, 0.5) is 0 Å². The predicted octanol–water partition coefficient (Wildman–Crippen LogP) is -7.50. The first-order valence-corrected chi connectivity index (χ1v) is 2.41. The van der Waals surface area contributed by atoms with E-state index < -0.39 is 0 Å². The highest BCUT2D eigenvalue weighted by Crippen LogP contribution is 1.14. The third-order valence-electron chi connectivity index (χ3n) is 0. The maximum absolute atomic E-state index is 3.49. The molecule has 0 aliphatic heterocycles. The van der Waals surface area contributed by atoms with Crippen LogP contribution in [0.25, 0.3) is 0 Å². The van der Waals surface area contributed by atoms with Crippen LogP contribution >= 0.6 is 0 Å². The van der Waals surface area contributed by atoms with Crippen LogP contribution < -0.4 is 59.4 Å². The summed E-state index contributed by atoms with van der Waals surface area (Å²) < 4.78 is 0. The smallest absolute Gasteiger partial charge is 0.0711 e. The van der Waals surface area contributed by atoms with E-state index in [0.29, 0.717) is 0 Å². The molecule has 0 aromatic carbocycles. The molecule has 0 aliphatic rings. The van der Waals surface area contributed by atoms with E-state index in [2.05, 4.69) is 11.5 Å². The summed E-state index contributed by atoms with van der Waals surface area (Å²) in [7, 11) is 0. The highest BCUT2D eigenvalue weighted by atomic mass is 127. The SMILES string of the molecule is CC[NH3+].CC[NH3+].[I-].[I-]. The van der Waals surface area contributed by atoms with E-state index in [1.54, 1.807) is 0 Å². The number of halogens is 2. The van der Waals surface area contributed by atoms with Crippen LogP contribution in [0.15, 0.2) is 0 Å². The van der Waals surface area contributed by atoms with Crippen molar-refractivity contribution in [3.05, 3.63) is 0 Å². The van der Waals surface area contributed by atoms with Crippen LogP contribution in [0.3, 0.4) is 0 Å². The highest BCUT2D eigenvalue weighted by molar-refractivity contribution is 3.80. The molecule has 8 heavy (non-hydrogen) atoms. The van der Waals surface area contributed by atoms with E-state index in [1.807, 2.05) is 13.8 Å². The number of rotatable bonds is 0. The second-order valence-corrected chi connectivity index (χ2v) is 1.000. The Hall–Kier alpha value is 1.38. The molecule has 0 unspecified atom stereocenters. The first-order chi connectivity index (χ1) is 2.83. The minimum absolute atomic E-state index is 0. The van der Waals surface area contributed by atoms with Crippen molar-refractivity contribution in [1.82, 2.24) is 0 Å². The Balaban J connectivity index is -0.0000000160. The lowest BCUT2D eigenvalue weighted by Crippen LogP contribution is -3.00. The van der Waals surface area contributed by atoms with E-state index in [9.17, 15) is 0 Å². The molecule has 0 atom stereocenters. The highest BCUT2D eigenvalue weighted by Gasteiger charge is 1.37. The Labute approximate surface area is 85.8 Å². The minimum atomic E-state index is 0. The molecule has 0 rings (SSSR count). The van der Waals surface area contributed by atoms with Crippen molar-refractivity contribution in [2.24, 2.45) is 0 Å². The molecule has 0 amide bonds. The molecule has 0 aromatic rings. The van der Waals surface area contributed by atoms with Crippen LogP contribution in [0.1, 0.15) is 13.8 Å². The summed E-state index contributed by atoms with van der Waals surface area (Å²) in [5, 5.41) is 0. The average Bonchev–Trinajstić information content (AvgIpc) is 1.39. The van der Waals surface area contributed by atoms with Crippen LogP contribution in [-0.2, 0) is 0 Å². The fourth-order valence-corrected chi connectivity index (χ4v) is 0. The lowest BCUT2D eigenvalue weighted by Gasteiger charge is -1.49. The Bertz CT molecular complexity index is 14.0. The molecule has 6 N–H and O–H groups in total. The summed E-state index contributed by atoms with van der Waals surface area (Å²) in [5.41, 5.74) is 6.97. The summed E-state index contributed by atoms with van der Waals surface area (Å²) in [5.74, 6) is 0. The van der Waals surface area contributed by atoms with Crippen molar-refractivity contribution in [2.45, 2.75) is 13.8 Å². The summed E-state index contributed by atoms with van der Waals surface area (Å²) in [6, 6.07) is 0. The van der Waals surface area contributed by atoms with E-state index in [-0.39, 0.29) is 48.0 Å². The molecular weight excluding hydrogens is 330 g/mol. The second-order valence-electron chi connectivity index (χ2n) is 1.000. The third-order valence-corrected chi connectivity index (χ3v) is 0. The first kappa shape index (κ1) is 22.8. The van der Waals surface area contributed by atoms with Gasteiger partial charge in [0.25, 0.3) is 0 Å². The predicted molar refractivity (Wildman–Crippen MR) is 26.9 cm³/mol. The van der Waals surface area contributed by atoms with Gasteiger partial charge >= 0.3 is 0 Å². The molecule has 0 bridgehead atoms. The maximum Gasteiger partial charge on any atom is 0.0711 e. The van der Waals surface area contributed by atoms with Crippen molar-refractivity contribution < 1.29 is 59.4 Å². The Kier molecular flexibility index (Phi) is 114. The van der Waals surface area contributed by atoms with Gasteiger partial charge in [-0.15, -0.1) is 0 Å². The molecule has 0 aliphatic carbocycles. The second kappa shape index (κ2) is 40.0. The summed E-state index contributed by atoms with van der Waals surface area (Å²) >= 11 is 0. The Morgan fingerprint density at radius 1 is 0.875 bits per heavy atom. The molecule has 0 aromatic heterocycles. The molecule has 0 fully saturated rings.